The quantitative estimate of drug-likeness (QED) is 0.761. The molecule has 3 nitrogen and oxygen atoms in total. The summed E-state index contributed by atoms with van der Waals surface area (Å²) >= 11 is 0. The number of benzene rings is 1. The van der Waals surface area contributed by atoms with Gasteiger partial charge in [-0.1, -0.05) is 18.2 Å². The Kier molecular flexibility index (Phi) is 5.38. The van der Waals surface area contributed by atoms with Crippen LogP contribution in [-0.2, 0) is 6.42 Å². The third kappa shape index (κ3) is 5.10. The predicted molar refractivity (Wildman–Crippen MR) is 77.4 cm³/mol. The second-order valence-electron chi connectivity index (χ2n) is 4.57. The van der Waals surface area contributed by atoms with Gasteiger partial charge in [-0.15, -0.1) is 0 Å². The first kappa shape index (κ1) is 13.6. The zero-order valence-corrected chi connectivity index (χ0v) is 11.3. The lowest BCUT2D eigenvalue weighted by Gasteiger charge is -2.16. The van der Waals surface area contributed by atoms with Gasteiger partial charge in [-0.2, -0.15) is 0 Å². The van der Waals surface area contributed by atoms with Gasteiger partial charge in [0.05, 0.1) is 0 Å². The van der Waals surface area contributed by atoms with Gasteiger partial charge in [0.15, 0.2) is 0 Å². The summed E-state index contributed by atoms with van der Waals surface area (Å²) in [6, 6.07) is 14.1. The van der Waals surface area contributed by atoms with Crippen LogP contribution in [-0.4, -0.2) is 36.6 Å². The Morgan fingerprint density at radius 2 is 1.74 bits per heavy atom. The predicted octanol–water partition coefficient (Wildman–Crippen LogP) is 2.63. The molecular weight excluding hydrogens is 236 g/mol. The SMILES string of the molecule is CN(CCOc1ccccc1)CCc1ccncc1. The molecule has 0 amide bonds. The Bertz CT molecular complexity index is 459. The number of pyridine rings is 1. The van der Waals surface area contributed by atoms with Crippen LogP contribution in [0, 0.1) is 0 Å². The maximum absolute atomic E-state index is 5.68. The summed E-state index contributed by atoms with van der Waals surface area (Å²) in [6.45, 7) is 2.68. The normalized spacial score (nSPS) is 10.6. The van der Waals surface area contributed by atoms with E-state index in [4.69, 9.17) is 4.74 Å². The van der Waals surface area contributed by atoms with E-state index in [1.165, 1.54) is 5.56 Å². The van der Waals surface area contributed by atoms with Crippen molar-refractivity contribution in [1.82, 2.24) is 9.88 Å². The molecule has 100 valence electrons. The first-order chi connectivity index (χ1) is 9.34. The van der Waals surface area contributed by atoms with Gasteiger partial charge in [0.2, 0.25) is 0 Å². The number of nitrogens with zero attached hydrogens (tertiary/aromatic N) is 2. The lowest BCUT2D eigenvalue weighted by Crippen LogP contribution is -2.26. The van der Waals surface area contributed by atoms with Gasteiger partial charge in [-0.3, -0.25) is 4.98 Å². The summed E-state index contributed by atoms with van der Waals surface area (Å²) < 4.78 is 5.68. The molecule has 3 heteroatoms. The fourth-order valence-corrected chi connectivity index (χ4v) is 1.82. The van der Waals surface area contributed by atoms with Crippen LogP contribution in [0.1, 0.15) is 5.56 Å². The monoisotopic (exact) mass is 256 g/mol. The fraction of sp³-hybridized carbons (Fsp3) is 0.312. The highest BCUT2D eigenvalue weighted by molar-refractivity contribution is 5.20. The minimum absolute atomic E-state index is 0.719. The van der Waals surface area contributed by atoms with Crippen molar-refractivity contribution in [2.45, 2.75) is 6.42 Å². The van der Waals surface area contributed by atoms with Crippen molar-refractivity contribution in [3.63, 3.8) is 0 Å². The molecule has 0 radical (unpaired) electrons. The van der Waals surface area contributed by atoms with Crippen molar-refractivity contribution in [3.8, 4) is 5.75 Å². The van der Waals surface area contributed by atoms with E-state index in [1.54, 1.807) is 0 Å². The van der Waals surface area contributed by atoms with E-state index in [0.717, 1.165) is 31.9 Å². The number of hydrogen-bond acceptors (Lipinski definition) is 3. The molecule has 2 aromatic rings. The summed E-state index contributed by atoms with van der Waals surface area (Å²) in [6.07, 6.45) is 4.73. The van der Waals surface area contributed by atoms with Crippen LogP contribution in [0.3, 0.4) is 0 Å². The van der Waals surface area contributed by atoms with Crippen molar-refractivity contribution in [3.05, 3.63) is 60.4 Å². The third-order valence-corrected chi connectivity index (χ3v) is 3.02. The summed E-state index contributed by atoms with van der Waals surface area (Å²) in [7, 11) is 2.12. The number of likely N-dealkylation sites (N-methyl/N-ethyl adjacent to an activating group) is 1. The molecule has 0 spiro atoms. The fourth-order valence-electron chi connectivity index (χ4n) is 1.82. The van der Waals surface area contributed by atoms with E-state index in [2.05, 4.69) is 29.1 Å². The molecule has 2 rings (SSSR count). The van der Waals surface area contributed by atoms with Gasteiger partial charge < -0.3 is 9.64 Å². The van der Waals surface area contributed by atoms with Crippen LogP contribution < -0.4 is 4.74 Å². The highest BCUT2D eigenvalue weighted by Gasteiger charge is 2.00. The molecule has 1 aromatic carbocycles. The Morgan fingerprint density at radius 1 is 1.00 bits per heavy atom. The van der Waals surface area contributed by atoms with Gasteiger partial charge in [-0.05, 0) is 43.3 Å². The summed E-state index contributed by atoms with van der Waals surface area (Å²) in [5.41, 5.74) is 1.32. The Balaban J connectivity index is 1.64. The van der Waals surface area contributed by atoms with Gasteiger partial charge in [0, 0.05) is 25.5 Å². The minimum Gasteiger partial charge on any atom is -0.492 e. The maximum atomic E-state index is 5.68. The van der Waals surface area contributed by atoms with Crippen molar-refractivity contribution >= 4 is 0 Å². The smallest absolute Gasteiger partial charge is 0.119 e. The molecule has 19 heavy (non-hydrogen) atoms. The molecule has 0 atom stereocenters. The number of hydrogen-bond donors (Lipinski definition) is 0. The van der Waals surface area contributed by atoms with Crippen LogP contribution in [0.4, 0.5) is 0 Å². The number of rotatable bonds is 7. The number of ether oxygens (including phenoxy) is 1. The minimum atomic E-state index is 0.719. The van der Waals surface area contributed by atoms with Crippen LogP contribution >= 0.6 is 0 Å². The van der Waals surface area contributed by atoms with Crippen molar-refractivity contribution in [1.29, 1.82) is 0 Å². The largest absolute Gasteiger partial charge is 0.492 e. The van der Waals surface area contributed by atoms with Crippen molar-refractivity contribution in [2.75, 3.05) is 26.7 Å². The number of para-hydroxylation sites is 1. The Hall–Kier alpha value is -1.87. The average molecular weight is 256 g/mol. The van der Waals surface area contributed by atoms with Gasteiger partial charge in [0.25, 0.3) is 0 Å². The Morgan fingerprint density at radius 3 is 2.47 bits per heavy atom. The van der Waals surface area contributed by atoms with E-state index in [1.807, 2.05) is 42.7 Å². The lowest BCUT2D eigenvalue weighted by molar-refractivity contribution is 0.239. The second-order valence-corrected chi connectivity index (χ2v) is 4.57. The number of aromatic nitrogens is 1. The van der Waals surface area contributed by atoms with Gasteiger partial charge in [0.1, 0.15) is 12.4 Å². The first-order valence-corrected chi connectivity index (χ1v) is 6.60. The van der Waals surface area contributed by atoms with Gasteiger partial charge >= 0.3 is 0 Å². The summed E-state index contributed by atoms with van der Waals surface area (Å²) in [5, 5.41) is 0. The summed E-state index contributed by atoms with van der Waals surface area (Å²) in [4.78, 5) is 6.30. The topological polar surface area (TPSA) is 25.4 Å². The lowest BCUT2D eigenvalue weighted by atomic mass is 10.2. The van der Waals surface area contributed by atoms with E-state index >= 15 is 0 Å². The molecular formula is C16H20N2O. The van der Waals surface area contributed by atoms with Crippen LogP contribution in [0.2, 0.25) is 0 Å². The molecule has 0 saturated carbocycles. The molecule has 0 aliphatic rings. The zero-order chi connectivity index (χ0) is 13.3. The third-order valence-electron chi connectivity index (χ3n) is 3.02. The highest BCUT2D eigenvalue weighted by atomic mass is 16.5. The molecule has 0 aliphatic heterocycles. The van der Waals surface area contributed by atoms with Gasteiger partial charge in [-0.25, -0.2) is 0 Å². The molecule has 0 unspecified atom stereocenters. The van der Waals surface area contributed by atoms with Crippen LogP contribution in [0.25, 0.3) is 0 Å². The van der Waals surface area contributed by atoms with Crippen molar-refractivity contribution in [2.24, 2.45) is 0 Å². The summed E-state index contributed by atoms with van der Waals surface area (Å²) in [5.74, 6) is 0.935. The standard InChI is InChI=1S/C16H20N2O/c1-18(12-9-15-7-10-17-11-8-15)13-14-19-16-5-3-2-4-6-16/h2-8,10-11H,9,12-14H2,1H3. The molecule has 0 fully saturated rings. The molecule has 1 aromatic heterocycles. The molecule has 0 N–H and O–H groups in total. The van der Waals surface area contributed by atoms with E-state index in [0.29, 0.717) is 0 Å². The first-order valence-electron chi connectivity index (χ1n) is 6.60. The maximum Gasteiger partial charge on any atom is 0.119 e. The van der Waals surface area contributed by atoms with Crippen LogP contribution in [0.15, 0.2) is 54.9 Å². The highest BCUT2D eigenvalue weighted by Crippen LogP contribution is 2.07. The van der Waals surface area contributed by atoms with E-state index in [-0.39, 0.29) is 0 Å². The average Bonchev–Trinajstić information content (AvgIpc) is 2.47. The van der Waals surface area contributed by atoms with E-state index < -0.39 is 0 Å². The molecule has 1 heterocycles. The zero-order valence-electron chi connectivity index (χ0n) is 11.3. The molecule has 0 bridgehead atoms. The van der Waals surface area contributed by atoms with E-state index in [9.17, 15) is 0 Å². The van der Waals surface area contributed by atoms with Crippen LogP contribution in [0.5, 0.6) is 5.75 Å². The molecule has 0 saturated heterocycles. The molecule has 0 aliphatic carbocycles. The Labute approximate surface area is 114 Å². The van der Waals surface area contributed by atoms with Crippen molar-refractivity contribution < 1.29 is 4.74 Å². The second kappa shape index (κ2) is 7.54.